The van der Waals surface area contributed by atoms with E-state index in [1.165, 1.54) is 0 Å². The lowest BCUT2D eigenvalue weighted by molar-refractivity contribution is -0.121. The summed E-state index contributed by atoms with van der Waals surface area (Å²) in [5.74, 6) is -0.494. The molecule has 2 rings (SSSR count). The zero-order valence-electron chi connectivity index (χ0n) is 13.2. The van der Waals surface area contributed by atoms with E-state index in [0.717, 1.165) is 0 Å². The summed E-state index contributed by atoms with van der Waals surface area (Å²) < 4.78 is 29.9. The number of ether oxygens (including phenoxy) is 1. The van der Waals surface area contributed by atoms with Crippen molar-refractivity contribution in [3.05, 3.63) is 24.3 Å². The predicted molar refractivity (Wildman–Crippen MR) is 84.9 cm³/mol. The van der Waals surface area contributed by atoms with E-state index < -0.39 is 12.3 Å². The minimum atomic E-state index is -2.35. The molecule has 1 aromatic rings. The fraction of sp³-hybridized carbons (Fsp3) is 0.500. The van der Waals surface area contributed by atoms with Gasteiger partial charge in [0, 0.05) is 17.7 Å². The minimum Gasteiger partial charge on any atom is -0.484 e. The van der Waals surface area contributed by atoms with Crippen LogP contribution in [0, 0.1) is 5.92 Å². The van der Waals surface area contributed by atoms with E-state index in [-0.39, 0.29) is 25.0 Å². The van der Waals surface area contributed by atoms with Crippen molar-refractivity contribution in [1.82, 2.24) is 4.90 Å². The maximum Gasteiger partial charge on any atom is 0.255 e. The molecule has 1 aliphatic rings. The second kappa shape index (κ2) is 8.58. The average Bonchev–Trinajstić information content (AvgIpc) is 2.53. The topological polar surface area (TPSA) is 84.7 Å². The third-order valence-corrected chi connectivity index (χ3v) is 3.84. The molecule has 1 aromatic carbocycles. The number of rotatable bonds is 7. The van der Waals surface area contributed by atoms with Gasteiger partial charge in [0.2, 0.25) is 5.91 Å². The van der Waals surface area contributed by atoms with E-state index in [2.05, 4.69) is 5.32 Å². The Morgan fingerprint density at radius 1 is 1.33 bits per heavy atom. The third kappa shape index (κ3) is 5.77. The maximum absolute atomic E-state index is 12.4. The number of alkyl halides is 2. The van der Waals surface area contributed by atoms with Gasteiger partial charge in [0.05, 0.1) is 6.54 Å². The number of likely N-dealkylation sites (tertiary alicyclic amines) is 1. The average molecular weight is 341 g/mol. The Hall–Kier alpha value is -2.22. The maximum atomic E-state index is 12.4. The Labute approximate surface area is 138 Å². The standard InChI is InChI=1S/C16H21F2N3O3/c17-14(18)9-21-6-4-11(5-7-21)16(23)20-12-2-1-3-13(8-12)24-10-15(19)22/h1-3,8,11,14H,4-7,9-10H2,(H2,19,22)(H,20,23). The van der Waals surface area contributed by atoms with E-state index in [1.54, 1.807) is 29.2 Å². The molecular weight excluding hydrogens is 320 g/mol. The fourth-order valence-electron chi connectivity index (χ4n) is 2.64. The van der Waals surface area contributed by atoms with Crippen molar-refractivity contribution in [2.75, 3.05) is 31.6 Å². The van der Waals surface area contributed by atoms with Crippen molar-refractivity contribution in [1.29, 1.82) is 0 Å². The van der Waals surface area contributed by atoms with Crippen molar-refractivity contribution in [3.63, 3.8) is 0 Å². The highest BCUT2D eigenvalue weighted by Crippen LogP contribution is 2.22. The van der Waals surface area contributed by atoms with Crippen molar-refractivity contribution in [3.8, 4) is 5.75 Å². The molecule has 3 N–H and O–H groups in total. The summed E-state index contributed by atoms with van der Waals surface area (Å²) in [6.45, 7) is 0.502. The van der Waals surface area contributed by atoms with E-state index in [0.29, 0.717) is 37.4 Å². The van der Waals surface area contributed by atoms with Crippen LogP contribution in [0.4, 0.5) is 14.5 Å². The molecule has 0 atom stereocenters. The van der Waals surface area contributed by atoms with Gasteiger partial charge in [-0.05, 0) is 38.1 Å². The van der Waals surface area contributed by atoms with E-state index in [4.69, 9.17) is 10.5 Å². The molecule has 1 heterocycles. The lowest BCUT2D eigenvalue weighted by Gasteiger charge is -2.30. The highest BCUT2D eigenvalue weighted by molar-refractivity contribution is 5.92. The van der Waals surface area contributed by atoms with E-state index in [9.17, 15) is 18.4 Å². The van der Waals surface area contributed by atoms with Gasteiger partial charge in [-0.15, -0.1) is 0 Å². The molecule has 1 fully saturated rings. The number of nitrogens with two attached hydrogens (primary N) is 1. The molecule has 24 heavy (non-hydrogen) atoms. The number of benzene rings is 1. The zero-order chi connectivity index (χ0) is 17.5. The van der Waals surface area contributed by atoms with Gasteiger partial charge in [-0.1, -0.05) is 6.07 Å². The van der Waals surface area contributed by atoms with Gasteiger partial charge in [0.25, 0.3) is 12.3 Å². The lowest BCUT2D eigenvalue weighted by Crippen LogP contribution is -2.40. The lowest BCUT2D eigenvalue weighted by atomic mass is 9.96. The second-order valence-electron chi connectivity index (χ2n) is 5.74. The molecule has 0 spiro atoms. The summed E-state index contributed by atoms with van der Waals surface area (Å²) in [6, 6.07) is 6.66. The predicted octanol–water partition coefficient (Wildman–Crippen LogP) is 1.47. The first-order valence-electron chi connectivity index (χ1n) is 7.76. The van der Waals surface area contributed by atoms with Gasteiger partial charge in [-0.25, -0.2) is 8.78 Å². The molecular formula is C16H21F2N3O3. The van der Waals surface area contributed by atoms with Crippen molar-refractivity contribution in [2.24, 2.45) is 11.7 Å². The summed E-state index contributed by atoms with van der Waals surface area (Å²) in [6.07, 6.45) is -1.24. The molecule has 8 heteroatoms. The molecule has 6 nitrogen and oxygen atoms in total. The Kier molecular flexibility index (Phi) is 6.48. The number of halogens is 2. The minimum absolute atomic E-state index is 0.140. The van der Waals surface area contributed by atoms with Crippen LogP contribution in [0.5, 0.6) is 5.75 Å². The van der Waals surface area contributed by atoms with Crippen LogP contribution >= 0.6 is 0 Å². The number of hydrogen-bond donors (Lipinski definition) is 2. The smallest absolute Gasteiger partial charge is 0.255 e. The Morgan fingerprint density at radius 2 is 2.04 bits per heavy atom. The van der Waals surface area contributed by atoms with Crippen molar-refractivity contribution in [2.45, 2.75) is 19.3 Å². The molecule has 0 aromatic heterocycles. The van der Waals surface area contributed by atoms with E-state index in [1.807, 2.05) is 0 Å². The van der Waals surface area contributed by atoms with Gasteiger partial charge in [0.1, 0.15) is 5.75 Å². The van der Waals surface area contributed by atoms with Crippen LogP contribution in [0.25, 0.3) is 0 Å². The monoisotopic (exact) mass is 341 g/mol. The van der Waals surface area contributed by atoms with Crippen LogP contribution in [0.1, 0.15) is 12.8 Å². The van der Waals surface area contributed by atoms with Crippen LogP contribution in [-0.4, -0.2) is 49.4 Å². The number of hydrogen-bond acceptors (Lipinski definition) is 4. The Balaban J connectivity index is 1.84. The molecule has 132 valence electrons. The number of primary amides is 1. The molecule has 0 bridgehead atoms. The Bertz CT molecular complexity index is 575. The molecule has 0 unspecified atom stereocenters. The first-order valence-corrected chi connectivity index (χ1v) is 7.76. The molecule has 0 radical (unpaired) electrons. The van der Waals surface area contributed by atoms with Gasteiger partial charge >= 0.3 is 0 Å². The quantitative estimate of drug-likeness (QED) is 0.786. The molecule has 0 saturated carbocycles. The Morgan fingerprint density at radius 3 is 2.67 bits per heavy atom. The number of nitrogens with zero attached hydrogens (tertiary/aromatic N) is 1. The molecule has 1 aliphatic heterocycles. The van der Waals surface area contributed by atoms with E-state index >= 15 is 0 Å². The number of carbonyl (C=O) groups excluding carboxylic acids is 2. The van der Waals surface area contributed by atoms with Crippen LogP contribution in [0.15, 0.2) is 24.3 Å². The summed E-state index contributed by atoms with van der Waals surface area (Å²) in [5.41, 5.74) is 5.57. The zero-order valence-corrected chi connectivity index (χ0v) is 13.2. The number of piperidine rings is 1. The van der Waals surface area contributed by atoms with Crippen LogP contribution in [0.2, 0.25) is 0 Å². The highest BCUT2D eigenvalue weighted by atomic mass is 19.3. The van der Waals surface area contributed by atoms with Crippen LogP contribution in [-0.2, 0) is 9.59 Å². The summed E-state index contributed by atoms with van der Waals surface area (Å²) in [5, 5.41) is 2.79. The van der Waals surface area contributed by atoms with Crippen molar-refractivity contribution >= 4 is 17.5 Å². The van der Waals surface area contributed by atoms with Crippen LogP contribution < -0.4 is 15.8 Å². The molecule has 0 aliphatic carbocycles. The SMILES string of the molecule is NC(=O)COc1cccc(NC(=O)C2CCN(CC(F)F)CC2)c1. The van der Waals surface area contributed by atoms with Gasteiger partial charge in [0.15, 0.2) is 6.61 Å². The number of carbonyl (C=O) groups is 2. The largest absolute Gasteiger partial charge is 0.484 e. The number of anilines is 1. The van der Waals surface area contributed by atoms with Crippen molar-refractivity contribution < 1.29 is 23.1 Å². The summed E-state index contributed by atoms with van der Waals surface area (Å²) in [4.78, 5) is 24.7. The number of amides is 2. The first-order chi connectivity index (χ1) is 11.4. The fourth-order valence-corrected chi connectivity index (χ4v) is 2.64. The molecule has 2 amide bonds. The third-order valence-electron chi connectivity index (χ3n) is 3.84. The van der Waals surface area contributed by atoms with Crippen LogP contribution in [0.3, 0.4) is 0 Å². The highest BCUT2D eigenvalue weighted by Gasteiger charge is 2.26. The van der Waals surface area contributed by atoms with Gasteiger partial charge in [-0.3, -0.25) is 14.5 Å². The van der Waals surface area contributed by atoms with Gasteiger partial charge in [-0.2, -0.15) is 0 Å². The normalized spacial score (nSPS) is 16.1. The summed E-state index contributed by atoms with van der Waals surface area (Å²) in [7, 11) is 0. The number of nitrogens with one attached hydrogen (secondary N) is 1. The summed E-state index contributed by atoms with van der Waals surface area (Å²) >= 11 is 0. The first kappa shape index (κ1) is 18.1. The second-order valence-corrected chi connectivity index (χ2v) is 5.74. The molecule has 1 saturated heterocycles. The van der Waals surface area contributed by atoms with Gasteiger partial charge < -0.3 is 15.8 Å².